The van der Waals surface area contributed by atoms with E-state index in [2.05, 4.69) is 0 Å². The Morgan fingerprint density at radius 1 is 1.08 bits per heavy atom. The zero-order chi connectivity index (χ0) is 18.9. The molecule has 1 aliphatic heterocycles. The Balaban J connectivity index is 2.38. The number of likely N-dealkylation sites (tertiary alicyclic amines) is 1. The van der Waals surface area contributed by atoms with Crippen molar-refractivity contribution in [3.8, 4) is 17.2 Å². The summed E-state index contributed by atoms with van der Waals surface area (Å²) in [6.45, 7) is 8.56. The topological polar surface area (TPSA) is 74.0 Å². The van der Waals surface area contributed by atoms with Gasteiger partial charge in [0.1, 0.15) is 0 Å². The number of hydrogen-bond acceptors (Lipinski definition) is 5. The summed E-state index contributed by atoms with van der Waals surface area (Å²) in [6, 6.07) is 3.75. The standard InChI is InChI=1S/C20H32N2O4/c1-4-24-17-13-15(14-18(25-5-2)19(17)26-6-3)20(23)22-12-8-7-9-16(22)10-11-21/h13-14,16H,4-12,21H2,1-3H3. The number of ether oxygens (including phenoxy) is 3. The van der Waals surface area contributed by atoms with Crippen LogP contribution in [0.15, 0.2) is 12.1 Å². The lowest BCUT2D eigenvalue weighted by atomic mass is 9.98. The van der Waals surface area contributed by atoms with E-state index < -0.39 is 0 Å². The summed E-state index contributed by atoms with van der Waals surface area (Å²) in [7, 11) is 0. The molecule has 1 heterocycles. The van der Waals surface area contributed by atoms with Gasteiger partial charge in [0.15, 0.2) is 11.5 Å². The Hall–Kier alpha value is -1.95. The Morgan fingerprint density at radius 2 is 1.69 bits per heavy atom. The van der Waals surface area contributed by atoms with Crippen molar-refractivity contribution in [3.05, 3.63) is 17.7 Å². The van der Waals surface area contributed by atoms with E-state index in [0.717, 1.165) is 32.2 Å². The molecular weight excluding hydrogens is 332 g/mol. The van der Waals surface area contributed by atoms with Gasteiger partial charge in [-0.1, -0.05) is 0 Å². The van der Waals surface area contributed by atoms with Crippen LogP contribution >= 0.6 is 0 Å². The van der Waals surface area contributed by atoms with Gasteiger partial charge in [0.2, 0.25) is 5.75 Å². The molecule has 0 bridgehead atoms. The average molecular weight is 364 g/mol. The molecule has 1 saturated heterocycles. The summed E-state index contributed by atoms with van der Waals surface area (Å²) in [6.07, 6.45) is 4.02. The lowest BCUT2D eigenvalue weighted by Crippen LogP contribution is -2.44. The molecule has 1 aromatic carbocycles. The third-order valence-electron chi connectivity index (χ3n) is 4.54. The molecule has 0 aliphatic carbocycles. The maximum atomic E-state index is 13.2. The van der Waals surface area contributed by atoms with Crippen LogP contribution in [-0.2, 0) is 0 Å². The molecule has 1 aliphatic rings. The number of rotatable bonds is 9. The molecule has 6 nitrogen and oxygen atoms in total. The second kappa shape index (κ2) is 10.3. The van der Waals surface area contributed by atoms with Gasteiger partial charge in [-0.25, -0.2) is 0 Å². The van der Waals surface area contributed by atoms with Crippen LogP contribution in [0.2, 0.25) is 0 Å². The van der Waals surface area contributed by atoms with Gasteiger partial charge in [-0.15, -0.1) is 0 Å². The van der Waals surface area contributed by atoms with Gasteiger partial charge in [0, 0.05) is 18.2 Å². The molecule has 6 heteroatoms. The molecule has 1 aromatic rings. The monoisotopic (exact) mass is 364 g/mol. The fraction of sp³-hybridized carbons (Fsp3) is 0.650. The Labute approximate surface area is 156 Å². The highest BCUT2D eigenvalue weighted by Gasteiger charge is 2.28. The normalized spacial score (nSPS) is 17.1. The molecule has 1 fully saturated rings. The lowest BCUT2D eigenvalue weighted by Gasteiger charge is -2.36. The number of hydrogen-bond donors (Lipinski definition) is 1. The quantitative estimate of drug-likeness (QED) is 0.728. The first-order valence-electron chi connectivity index (χ1n) is 9.73. The van der Waals surface area contributed by atoms with Crippen LogP contribution < -0.4 is 19.9 Å². The molecule has 1 unspecified atom stereocenters. The molecule has 26 heavy (non-hydrogen) atoms. The van der Waals surface area contributed by atoms with Gasteiger partial charge in [-0.3, -0.25) is 4.79 Å². The van der Waals surface area contributed by atoms with Crippen LogP contribution in [0.25, 0.3) is 0 Å². The van der Waals surface area contributed by atoms with Gasteiger partial charge < -0.3 is 24.8 Å². The van der Waals surface area contributed by atoms with E-state index in [9.17, 15) is 4.79 Å². The summed E-state index contributed by atoms with van der Waals surface area (Å²) in [4.78, 5) is 15.2. The number of carbonyl (C=O) groups is 1. The summed E-state index contributed by atoms with van der Waals surface area (Å²) in [5.41, 5.74) is 6.32. The minimum Gasteiger partial charge on any atom is -0.490 e. The van der Waals surface area contributed by atoms with Crippen LogP contribution in [-0.4, -0.2) is 49.8 Å². The van der Waals surface area contributed by atoms with E-state index in [4.69, 9.17) is 19.9 Å². The fourth-order valence-electron chi connectivity index (χ4n) is 3.44. The highest BCUT2D eigenvalue weighted by atomic mass is 16.5. The van der Waals surface area contributed by atoms with Crippen LogP contribution in [0.4, 0.5) is 0 Å². The molecule has 0 radical (unpaired) electrons. The van der Waals surface area contributed by atoms with Crippen molar-refractivity contribution in [2.45, 2.75) is 52.5 Å². The van der Waals surface area contributed by atoms with E-state index in [-0.39, 0.29) is 11.9 Å². The van der Waals surface area contributed by atoms with E-state index in [1.54, 1.807) is 12.1 Å². The number of carbonyl (C=O) groups excluding carboxylic acids is 1. The first kappa shape index (κ1) is 20.4. The lowest BCUT2D eigenvalue weighted by molar-refractivity contribution is 0.0604. The van der Waals surface area contributed by atoms with Gasteiger partial charge in [-0.2, -0.15) is 0 Å². The van der Waals surface area contributed by atoms with E-state index >= 15 is 0 Å². The van der Waals surface area contributed by atoms with Gasteiger partial charge in [0.25, 0.3) is 5.91 Å². The Morgan fingerprint density at radius 3 is 2.23 bits per heavy atom. The third kappa shape index (κ3) is 4.81. The van der Waals surface area contributed by atoms with Gasteiger partial charge >= 0.3 is 0 Å². The number of nitrogens with two attached hydrogens (primary N) is 1. The first-order chi connectivity index (χ1) is 12.7. The van der Waals surface area contributed by atoms with Gasteiger partial charge in [-0.05, 0) is 65.1 Å². The van der Waals surface area contributed by atoms with Crippen molar-refractivity contribution < 1.29 is 19.0 Å². The summed E-state index contributed by atoms with van der Waals surface area (Å²) in [5.74, 6) is 1.67. The van der Waals surface area contributed by atoms with Crippen molar-refractivity contribution in [1.29, 1.82) is 0 Å². The highest BCUT2D eigenvalue weighted by Crippen LogP contribution is 2.39. The number of amides is 1. The second-order valence-electron chi connectivity index (χ2n) is 6.33. The molecule has 0 spiro atoms. The predicted octanol–water partition coefficient (Wildman–Crippen LogP) is 3.23. The third-order valence-corrected chi connectivity index (χ3v) is 4.54. The average Bonchev–Trinajstić information content (AvgIpc) is 2.64. The van der Waals surface area contributed by atoms with E-state index in [0.29, 0.717) is 49.2 Å². The van der Waals surface area contributed by atoms with Crippen LogP contribution in [0.1, 0.15) is 56.8 Å². The zero-order valence-corrected chi connectivity index (χ0v) is 16.3. The summed E-state index contributed by atoms with van der Waals surface area (Å²) < 4.78 is 17.2. The number of piperidine rings is 1. The molecule has 0 aromatic heterocycles. The SMILES string of the molecule is CCOc1cc(C(=O)N2CCCCC2CCN)cc(OCC)c1OCC. The predicted molar refractivity (Wildman–Crippen MR) is 102 cm³/mol. The number of nitrogens with zero attached hydrogens (tertiary/aromatic N) is 1. The fourth-order valence-corrected chi connectivity index (χ4v) is 3.44. The minimum absolute atomic E-state index is 0.00750. The first-order valence-corrected chi connectivity index (χ1v) is 9.73. The Kier molecular flexibility index (Phi) is 8.04. The molecule has 146 valence electrons. The van der Waals surface area contributed by atoms with E-state index in [1.165, 1.54) is 0 Å². The van der Waals surface area contributed by atoms with Crippen LogP contribution in [0.5, 0.6) is 17.2 Å². The molecule has 0 saturated carbocycles. The van der Waals surface area contributed by atoms with Crippen molar-refractivity contribution in [1.82, 2.24) is 4.90 Å². The molecule has 1 atom stereocenters. The minimum atomic E-state index is 0.00750. The smallest absolute Gasteiger partial charge is 0.254 e. The zero-order valence-electron chi connectivity index (χ0n) is 16.3. The summed E-state index contributed by atoms with van der Waals surface area (Å²) in [5, 5.41) is 0. The van der Waals surface area contributed by atoms with E-state index in [1.807, 2.05) is 25.7 Å². The van der Waals surface area contributed by atoms with Crippen LogP contribution in [0.3, 0.4) is 0 Å². The maximum Gasteiger partial charge on any atom is 0.254 e. The van der Waals surface area contributed by atoms with Crippen molar-refractivity contribution >= 4 is 5.91 Å². The molecule has 2 rings (SSSR count). The van der Waals surface area contributed by atoms with Crippen molar-refractivity contribution in [3.63, 3.8) is 0 Å². The highest BCUT2D eigenvalue weighted by molar-refractivity contribution is 5.96. The molecule has 1 amide bonds. The Bertz CT molecular complexity index is 562. The van der Waals surface area contributed by atoms with Crippen molar-refractivity contribution in [2.75, 3.05) is 32.9 Å². The van der Waals surface area contributed by atoms with Crippen molar-refractivity contribution in [2.24, 2.45) is 5.73 Å². The second-order valence-corrected chi connectivity index (χ2v) is 6.33. The summed E-state index contributed by atoms with van der Waals surface area (Å²) >= 11 is 0. The van der Waals surface area contributed by atoms with Gasteiger partial charge in [0.05, 0.1) is 19.8 Å². The number of benzene rings is 1. The van der Waals surface area contributed by atoms with Crippen LogP contribution in [0, 0.1) is 0 Å². The molecular formula is C20H32N2O4. The maximum absolute atomic E-state index is 13.2. The molecule has 2 N–H and O–H groups in total. The largest absolute Gasteiger partial charge is 0.490 e.